The monoisotopic (exact) mass is 1060 g/mol. The lowest BCUT2D eigenvalue weighted by molar-refractivity contribution is 0.0696. The molecule has 0 aliphatic heterocycles. The van der Waals surface area contributed by atoms with Crippen molar-refractivity contribution in [3.63, 3.8) is 0 Å². The first-order valence-corrected chi connectivity index (χ1v) is 24.6. The number of amidine groups is 1. The molecule has 79 heavy (non-hydrogen) atoms. The SMILES string of the molecule is CC(C)Oc1ccc(-c2nc(-c3cccc4c3CC[C@@H]4N=[N+]=[N-])no2)cc1C#N.CC(C)Oc1ccc(C(=O)O)cc1C#N.CC(C)Oc1ccc(C(=O)n2ccnc2)cc1C#N.[N-]=[N+]=N[C@H]1CCc2c(/C(N)=N\O)cccc21. The Kier molecular flexibility index (Phi) is 19.9. The van der Waals surface area contributed by atoms with Crippen LogP contribution in [0.1, 0.15) is 132 Å². The number of nitriles is 3. The highest BCUT2D eigenvalue weighted by Crippen LogP contribution is 2.40. The van der Waals surface area contributed by atoms with Gasteiger partial charge in [0, 0.05) is 44.5 Å². The maximum atomic E-state index is 12.1. The van der Waals surface area contributed by atoms with Crippen molar-refractivity contribution < 1.29 is 38.6 Å². The Morgan fingerprint density at radius 3 is 1.78 bits per heavy atom. The molecule has 5 aromatic carbocycles. The molecule has 9 rings (SSSR count). The van der Waals surface area contributed by atoms with E-state index in [9.17, 15) is 14.9 Å². The Morgan fingerprint density at radius 1 is 0.747 bits per heavy atom. The number of aromatic carboxylic acids is 1. The number of hydrogen-bond donors (Lipinski definition) is 3. The van der Waals surface area contributed by atoms with Gasteiger partial charge in [0.15, 0.2) is 5.84 Å². The fourth-order valence-corrected chi connectivity index (χ4v) is 8.43. The van der Waals surface area contributed by atoms with E-state index in [2.05, 4.69) is 46.4 Å². The number of hydrogen-bond acceptors (Lipinski definition) is 16. The third-order valence-electron chi connectivity index (χ3n) is 11.8. The van der Waals surface area contributed by atoms with E-state index in [4.69, 9.17) is 56.4 Å². The normalized spacial score (nSPS) is 13.6. The number of carboxylic acids is 1. The predicted octanol–water partition coefficient (Wildman–Crippen LogP) is 11.7. The van der Waals surface area contributed by atoms with Gasteiger partial charge in [-0.3, -0.25) is 9.36 Å². The molecule has 0 radical (unpaired) electrons. The van der Waals surface area contributed by atoms with Gasteiger partial charge in [-0.2, -0.15) is 20.8 Å². The van der Waals surface area contributed by atoms with Gasteiger partial charge >= 0.3 is 5.97 Å². The standard InChI is InChI=1S/C21H18N6O2.C14H13N3O2.C11H11NO3.C10H11N5O/c1-12(2)28-19-9-6-13(10-14(19)11-22)21-24-20(26-29-21)17-5-3-4-16-15(17)7-8-18(16)25-27-23;1-10(2)19-13-4-3-11(7-12(13)8-15)14(18)17-6-5-16-9-17;1-7(2)15-10-4-3-8(11(13)14)5-9(10)6-12;11-10(14-16)8-3-1-2-7-6(8)4-5-9(7)13-15-12/h3-6,9-10,12,18H,7-8H2,1-2H3;3-7,9-10H,1-2H3;3-5,7H,1-2H3,(H,13,14);1-3,9,16H,4-5H2,(H2,11,14)/t18-;;;9-/m0..0/s1. The maximum Gasteiger partial charge on any atom is 0.335 e. The van der Waals surface area contributed by atoms with Crippen LogP contribution in [0.25, 0.3) is 43.7 Å². The van der Waals surface area contributed by atoms with Crippen molar-refractivity contribution in [2.75, 3.05) is 0 Å². The Morgan fingerprint density at radius 2 is 1.27 bits per heavy atom. The van der Waals surface area contributed by atoms with E-state index in [1.165, 1.54) is 41.4 Å². The van der Waals surface area contributed by atoms with Gasteiger partial charge in [-0.05, 0) is 155 Å². The molecule has 4 N–H and O–H groups in total. The van der Waals surface area contributed by atoms with Gasteiger partial charge in [0.1, 0.15) is 41.8 Å². The fourth-order valence-electron chi connectivity index (χ4n) is 8.43. The molecule has 7 aromatic rings. The molecular weight excluding hydrogens is 1010 g/mol. The summed E-state index contributed by atoms with van der Waals surface area (Å²) in [6.07, 6.45) is 7.52. The molecule has 2 atom stereocenters. The Bertz CT molecular complexity index is 3590. The second-order valence-corrected chi connectivity index (χ2v) is 18.2. The number of rotatable bonds is 13. The summed E-state index contributed by atoms with van der Waals surface area (Å²) < 4.78 is 23.3. The summed E-state index contributed by atoms with van der Waals surface area (Å²) in [5.41, 5.74) is 30.6. The molecule has 23 heteroatoms. The van der Waals surface area contributed by atoms with E-state index >= 15 is 0 Å². The number of carbonyl (C=O) groups excluding carboxylic acids is 1. The fraction of sp³-hybridized carbons (Fsp3) is 0.268. The number of benzene rings is 5. The highest BCUT2D eigenvalue weighted by Gasteiger charge is 2.27. The molecule has 0 saturated carbocycles. The average molecular weight is 1060 g/mol. The predicted molar refractivity (Wildman–Crippen MR) is 288 cm³/mol. The van der Waals surface area contributed by atoms with Crippen molar-refractivity contribution in [3.8, 4) is 58.3 Å². The van der Waals surface area contributed by atoms with Crippen LogP contribution < -0.4 is 19.9 Å². The van der Waals surface area contributed by atoms with Crippen LogP contribution in [0.4, 0.5) is 0 Å². The molecule has 400 valence electrons. The van der Waals surface area contributed by atoms with Gasteiger partial charge in [-0.25, -0.2) is 9.78 Å². The largest absolute Gasteiger partial charge is 0.490 e. The molecule has 0 spiro atoms. The quantitative estimate of drug-likeness (QED) is 0.0184. The summed E-state index contributed by atoms with van der Waals surface area (Å²) in [7, 11) is 0. The molecule has 0 amide bonds. The third kappa shape index (κ3) is 14.6. The number of azide groups is 2. The molecule has 23 nitrogen and oxygen atoms in total. The van der Waals surface area contributed by atoms with Crippen molar-refractivity contribution in [2.45, 2.75) is 97.6 Å². The highest BCUT2D eigenvalue weighted by molar-refractivity contribution is 5.99. The van der Waals surface area contributed by atoms with Crippen molar-refractivity contribution in [1.29, 1.82) is 15.8 Å². The molecule has 0 fully saturated rings. The zero-order valence-corrected chi connectivity index (χ0v) is 43.8. The van der Waals surface area contributed by atoms with Crippen molar-refractivity contribution in [1.82, 2.24) is 19.7 Å². The van der Waals surface area contributed by atoms with Gasteiger partial charge in [0.25, 0.3) is 11.8 Å². The number of nitrogens with zero attached hydrogens (tertiary/aromatic N) is 14. The Balaban J connectivity index is 0.000000177. The first kappa shape index (κ1) is 57.6. The zero-order valence-electron chi connectivity index (χ0n) is 43.8. The number of nitrogens with two attached hydrogens (primary N) is 1. The van der Waals surface area contributed by atoms with E-state index in [1.54, 1.807) is 42.6 Å². The summed E-state index contributed by atoms with van der Waals surface area (Å²) >= 11 is 0. The minimum atomic E-state index is -1.05. The summed E-state index contributed by atoms with van der Waals surface area (Å²) in [4.78, 5) is 36.9. The first-order valence-electron chi connectivity index (χ1n) is 24.6. The summed E-state index contributed by atoms with van der Waals surface area (Å²) in [5, 5.41) is 59.5. The summed E-state index contributed by atoms with van der Waals surface area (Å²) in [6, 6.07) is 31.4. The van der Waals surface area contributed by atoms with Crippen LogP contribution in [-0.4, -0.2) is 66.0 Å². The molecule has 2 aromatic heterocycles. The van der Waals surface area contributed by atoms with Gasteiger partial charge < -0.3 is 34.8 Å². The maximum absolute atomic E-state index is 12.1. The number of oxime groups is 1. The summed E-state index contributed by atoms with van der Waals surface area (Å²) in [6.45, 7) is 11.3. The summed E-state index contributed by atoms with van der Waals surface area (Å²) in [5.74, 6) is 1.04. The van der Waals surface area contributed by atoms with Crippen LogP contribution in [-0.2, 0) is 12.8 Å². The number of ether oxygens (including phenoxy) is 3. The number of carbonyl (C=O) groups is 2. The van der Waals surface area contributed by atoms with Crippen LogP contribution in [0.3, 0.4) is 0 Å². The van der Waals surface area contributed by atoms with Crippen molar-refractivity contribution in [3.05, 3.63) is 186 Å². The van der Waals surface area contributed by atoms with Crippen molar-refractivity contribution >= 4 is 17.7 Å². The topological polar surface area (TPSA) is 366 Å². The molecule has 0 bridgehead atoms. The number of fused-ring (bicyclic) bond motifs is 2. The van der Waals surface area contributed by atoms with E-state index < -0.39 is 5.97 Å². The Hall–Kier alpha value is -10.7. The molecule has 2 aliphatic rings. The Labute approximate surface area is 453 Å². The zero-order chi connectivity index (χ0) is 57.2. The second-order valence-electron chi connectivity index (χ2n) is 18.2. The number of carboxylic acid groups (broad SMARTS) is 1. The lowest BCUT2D eigenvalue weighted by atomic mass is 10.0. The van der Waals surface area contributed by atoms with Crippen LogP contribution in [0.2, 0.25) is 0 Å². The minimum absolute atomic E-state index is 0.0256. The first-order chi connectivity index (χ1) is 38.0. The van der Waals surface area contributed by atoms with Crippen LogP contribution in [0, 0.1) is 34.0 Å². The minimum Gasteiger partial charge on any atom is -0.490 e. The smallest absolute Gasteiger partial charge is 0.335 e. The number of aromatic nitrogens is 4. The van der Waals surface area contributed by atoms with Crippen LogP contribution in [0.15, 0.2) is 130 Å². The van der Waals surface area contributed by atoms with E-state index in [0.29, 0.717) is 51.2 Å². The lowest BCUT2D eigenvalue weighted by Gasteiger charge is -2.11. The average Bonchev–Trinajstić information content (AvgIpc) is 4.31. The lowest BCUT2D eigenvalue weighted by Crippen LogP contribution is -2.15. The molecule has 2 aliphatic carbocycles. The van der Waals surface area contributed by atoms with Crippen LogP contribution >= 0.6 is 0 Å². The molecular formula is C56H53N15O8. The van der Waals surface area contributed by atoms with E-state index in [-0.39, 0.29) is 53.3 Å². The van der Waals surface area contributed by atoms with Crippen LogP contribution in [0.5, 0.6) is 17.2 Å². The molecule has 2 heterocycles. The van der Waals surface area contributed by atoms with Crippen molar-refractivity contribution in [2.24, 2.45) is 21.1 Å². The molecule has 0 unspecified atom stereocenters. The van der Waals surface area contributed by atoms with E-state index in [1.807, 2.05) is 84.0 Å². The van der Waals surface area contributed by atoms with Gasteiger partial charge in [-0.1, -0.05) is 56.9 Å². The molecule has 0 saturated heterocycles. The number of imidazole rings is 1. The second kappa shape index (κ2) is 27.2. The van der Waals surface area contributed by atoms with E-state index in [0.717, 1.165) is 59.1 Å². The highest BCUT2D eigenvalue weighted by atomic mass is 16.5. The third-order valence-corrected chi connectivity index (χ3v) is 11.8. The van der Waals surface area contributed by atoms with Gasteiger partial charge in [0.05, 0.1) is 52.6 Å². The van der Waals surface area contributed by atoms with Gasteiger partial charge in [-0.15, -0.1) is 0 Å². The van der Waals surface area contributed by atoms with Gasteiger partial charge in [0.2, 0.25) is 5.82 Å².